The highest BCUT2D eigenvalue weighted by molar-refractivity contribution is 6.08. The van der Waals surface area contributed by atoms with Crippen LogP contribution in [0.25, 0.3) is 0 Å². The third kappa shape index (κ3) is 3.03. The molecular formula is C18H14F2N2O2. The molecule has 3 rings (SSSR count). The van der Waals surface area contributed by atoms with E-state index in [4.69, 9.17) is 0 Å². The van der Waals surface area contributed by atoms with Crippen molar-refractivity contribution in [1.29, 1.82) is 0 Å². The first kappa shape index (κ1) is 15.9. The lowest BCUT2D eigenvalue weighted by Gasteiger charge is -2.07. The number of rotatable bonds is 4. The molecule has 0 radical (unpaired) electrons. The van der Waals surface area contributed by atoms with Crippen molar-refractivity contribution < 1.29 is 18.4 Å². The Morgan fingerprint density at radius 3 is 1.54 bits per heavy atom. The summed E-state index contributed by atoms with van der Waals surface area (Å²) in [5.41, 5.74) is 0.489. The van der Waals surface area contributed by atoms with Gasteiger partial charge < -0.3 is 10.6 Å². The summed E-state index contributed by atoms with van der Waals surface area (Å²) < 4.78 is 27.1. The van der Waals surface area contributed by atoms with E-state index in [-0.39, 0.29) is 11.4 Å². The maximum atomic E-state index is 13.6. The molecule has 0 aliphatic heterocycles. The zero-order valence-electron chi connectivity index (χ0n) is 12.6. The molecule has 2 atom stereocenters. The van der Waals surface area contributed by atoms with E-state index in [0.29, 0.717) is 5.57 Å². The van der Waals surface area contributed by atoms with Gasteiger partial charge in [-0.1, -0.05) is 36.4 Å². The number of carbonyl (C=O) groups excluding carboxylic acids is 2. The zero-order chi connectivity index (χ0) is 17.3. The molecule has 0 bridgehead atoms. The Kier molecular flexibility index (Phi) is 4.12. The van der Waals surface area contributed by atoms with Crippen molar-refractivity contribution in [2.45, 2.75) is 0 Å². The minimum absolute atomic E-state index is 0.0375. The van der Waals surface area contributed by atoms with Gasteiger partial charge in [-0.2, -0.15) is 0 Å². The van der Waals surface area contributed by atoms with Crippen LogP contribution in [0, 0.1) is 23.5 Å². The lowest BCUT2D eigenvalue weighted by atomic mass is 10.2. The maximum absolute atomic E-state index is 13.6. The number of hydrogen-bond donors (Lipinski definition) is 2. The number of para-hydroxylation sites is 2. The number of anilines is 2. The number of hydrogen-bond acceptors (Lipinski definition) is 2. The first-order chi connectivity index (χ1) is 11.5. The van der Waals surface area contributed by atoms with E-state index in [1.54, 1.807) is 12.1 Å². The van der Waals surface area contributed by atoms with Crippen LogP contribution in [0.5, 0.6) is 0 Å². The molecule has 24 heavy (non-hydrogen) atoms. The van der Waals surface area contributed by atoms with Crippen LogP contribution >= 0.6 is 0 Å². The molecular weight excluding hydrogens is 314 g/mol. The molecule has 0 unspecified atom stereocenters. The Bertz CT molecular complexity index is 768. The first-order valence-corrected chi connectivity index (χ1v) is 7.28. The van der Waals surface area contributed by atoms with E-state index in [9.17, 15) is 18.4 Å². The second-order valence-corrected chi connectivity index (χ2v) is 5.47. The summed E-state index contributed by atoms with van der Waals surface area (Å²) in [4.78, 5) is 24.4. The molecule has 1 fully saturated rings. The maximum Gasteiger partial charge on any atom is 0.232 e. The Balaban J connectivity index is 1.66. The highest BCUT2D eigenvalue weighted by Crippen LogP contribution is 2.45. The average molecular weight is 328 g/mol. The van der Waals surface area contributed by atoms with Gasteiger partial charge in [-0.25, -0.2) is 8.78 Å². The van der Waals surface area contributed by atoms with Crippen molar-refractivity contribution in [2.24, 2.45) is 11.8 Å². The molecule has 2 amide bonds. The van der Waals surface area contributed by atoms with Crippen molar-refractivity contribution in [1.82, 2.24) is 0 Å². The molecule has 2 aromatic carbocycles. The van der Waals surface area contributed by atoms with Gasteiger partial charge in [0.1, 0.15) is 11.6 Å². The summed E-state index contributed by atoms with van der Waals surface area (Å²) in [6, 6.07) is 11.5. The monoisotopic (exact) mass is 328 g/mol. The minimum Gasteiger partial charge on any atom is -0.323 e. The Labute approximate surface area is 137 Å². The minimum atomic E-state index is -0.753. The van der Waals surface area contributed by atoms with Gasteiger partial charge in [0.15, 0.2) is 0 Å². The highest BCUT2D eigenvalue weighted by atomic mass is 19.1. The van der Waals surface area contributed by atoms with Gasteiger partial charge in [-0.3, -0.25) is 9.59 Å². The van der Waals surface area contributed by atoms with Gasteiger partial charge >= 0.3 is 0 Å². The van der Waals surface area contributed by atoms with E-state index < -0.39 is 35.3 Å². The third-order valence-corrected chi connectivity index (χ3v) is 3.85. The van der Waals surface area contributed by atoms with Crippen LogP contribution in [0.1, 0.15) is 0 Å². The van der Waals surface area contributed by atoms with Crippen molar-refractivity contribution in [3.8, 4) is 0 Å². The third-order valence-electron chi connectivity index (χ3n) is 3.85. The van der Waals surface area contributed by atoms with Gasteiger partial charge in [0.2, 0.25) is 11.8 Å². The van der Waals surface area contributed by atoms with Crippen molar-refractivity contribution in [3.05, 3.63) is 72.3 Å². The number of amides is 2. The fourth-order valence-corrected chi connectivity index (χ4v) is 2.50. The van der Waals surface area contributed by atoms with Crippen LogP contribution in [0.3, 0.4) is 0 Å². The largest absolute Gasteiger partial charge is 0.323 e. The molecule has 4 nitrogen and oxygen atoms in total. The molecule has 2 aromatic rings. The van der Waals surface area contributed by atoms with Crippen LogP contribution < -0.4 is 10.6 Å². The standard InChI is InChI=1S/C18H14F2N2O2/c1-10-15(17(23)21-13-8-4-2-6-11(13)19)16(10)18(24)22-14-9-5-3-7-12(14)20/h2-9,15-16H,1H2,(H,21,23)(H,22,24)/t15-,16+. The Morgan fingerprint density at radius 1 is 0.792 bits per heavy atom. The molecule has 0 heterocycles. The molecule has 0 saturated heterocycles. The fraction of sp³-hybridized carbons (Fsp3) is 0.111. The second-order valence-electron chi connectivity index (χ2n) is 5.47. The number of halogens is 2. The molecule has 122 valence electrons. The number of carbonyl (C=O) groups is 2. The summed E-state index contributed by atoms with van der Waals surface area (Å²) in [5.74, 6) is -3.67. The summed E-state index contributed by atoms with van der Waals surface area (Å²) in [7, 11) is 0. The van der Waals surface area contributed by atoms with Gasteiger partial charge in [0, 0.05) is 0 Å². The summed E-state index contributed by atoms with van der Waals surface area (Å²) in [5, 5.41) is 4.87. The van der Waals surface area contributed by atoms with Crippen LogP contribution in [-0.2, 0) is 9.59 Å². The van der Waals surface area contributed by atoms with Gasteiger partial charge in [-0.05, 0) is 24.3 Å². The van der Waals surface area contributed by atoms with Crippen molar-refractivity contribution >= 4 is 23.2 Å². The predicted molar refractivity (Wildman–Crippen MR) is 86.2 cm³/mol. The summed E-state index contributed by atoms with van der Waals surface area (Å²) >= 11 is 0. The Morgan fingerprint density at radius 2 is 1.17 bits per heavy atom. The van der Waals surface area contributed by atoms with E-state index in [0.717, 1.165) is 0 Å². The quantitative estimate of drug-likeness (QED) is 0.846. The van der Waals surface area contributed by atoms with E-state index >= 15 is 0 Å². The normalized spacial score (nSPS) is 18.8. The number of benzene rings is 2. The van der Waals surface area contributed by atoms with Crippen LogP contribution in [-0.4, -0.2) is 11.8 Å². The molecule has 1 aliphatic rings. The molecule has 0 spiro atoms. The van der Waals surface area contributed by atoms with Crippen LogP contribution in [0.15, 0.2) is 60.7 Å². The second kappa shape index (κ2) is 6.23. The SMILES string of the molecule is C=C1[C@H](C(=O)Nc2ccccc2F)[C@@H]1C(=O)Nc1ccccc1F. The lowest BCUT2D eigenvalue weighted by Crippen LogP contribution is -2.21. The molecule has 2 N–H and O–H groups in total. The Hall–Kier alpha value is -3.02. The molecule has 0 aromatic heterocycles. The van der Waals surface area contributed by atoms with Gasteiger partial charge in [0.25, 0.3) is 0 Å². The zero-order valence-corrected chi connectivity index (χ0v) is 12.6. The fourth-order valence-electron chi connectivity index (χ4n) is 2.50. The average Bonchev–Trinajstić information content (AvgIpc) is 3.23. The molecule has 1 saturated carbocycles. The van der Waals surface area contributed by atoms with Gasteiger partial charge in [0.05, 0.1) is 23.2 Å². The number of nitrogens with one attached hydrogen (secondary N) is 2. The van der Waals surface area contributed by atoms with E-state index in [2.05, 4.69) is 17.2 Å². The van der Waals surface area contributed by atoms with Crippen LogP contribution in [0.2, 0.25) is 0 Å². The highest BCUT2D eigenvalue weighted by Gasteiger charge is 2.52. The predicted octanol–water partition coefficient (Wildman–Crippen LogP) is 3.34. The smallest absolute Gasteiger partial charge is 0.232 e. The van der Waals surface area contributed by atoms with Crippen molar-refractivity contribution in [3.63, 3.8) is 0 Å². The van der Waals surface area contributed by atoms with Gasteiger partial charge in [-0.15, -0.1) is 0 Å². The summed E-state index contributed by atoms with van der Waals surface area (Å²) in [6.07, 6.45) is 0. The topological polar surface area (TPSA) is 58.2 Å². The first-order valence-electron chi connectivity index (χ1n) is 7.28. The molecule has 1 aliphatic carbocycles. The van der Waals surface area contributed by atoms with Crippen molar-refractivity contribution in [2.75, 3.05) is 10.6 Å². The van der Waals surface area contributed by atoms with E-state index in [1.807, 2.05) is 0 Å². The van der Waals surface area contributed by atoms with Crippen LogP contribution in [0.4, 0.5) is 20.2 Å². The molecule has 6 heteroatoms. The summed E-state index contributed by atoms with van der Waals surface area (Å²) in [6.45, 7) is 3.69. The lowest BCUT2D eigenvalue weighted by molar-refractivity contribution is -0.122. The van der Waals surface area contributed by atoms with E-state index in [1.165, 1.54) is 36.4 Å².